The van der Waals surface area contributed by atoms with Crippen molar-refractivity contribution < 1.29 is 23.8 Å². The topological polar surface area (TPSA) is 84.8 Å². The summed E-state index contributed by atoms with van der Waals surface area (Å²) in [6.45, 7) is 3.26. The number of carboxylic acids is 1. The maximum absolute atomic E-state index is 14.5. The zero-order valence-corrected chi connectivity index (χ0v) is 16.4. The zero-order valence-electron chi connectivity index (χ0n) is 16.4. The molecule has 0 bridgehead atoms. The number of carbonyl (C=O) groups is 1. The Balaban J connectivity index is 1.70. The van der Waals surface area contributed by atoms with Crippen LogP contribution >= 0.6 is 0 Å². The van der Waals surface area contributed by atoms with Gasteiger partial charge < -0.3 is 19.5 Å². The van der Waals surface area contributed by atoms with Crippen LogP contribution in [-0.4, -0.2) is 40.9 Å². The maximum atomic E-state index is 14.5. The van der Waals surface area contributed by atoms with Crippen molar-refractivity contribution in [2.24, 2.45) is 5.92 Å². The molecule has 0 saturated carbocycles. The molecule has 1 N–H and O–H groups in total. The van der Waals surface area contributed by atoms with Gasteiger partial charge in [0.1, 0.15) is 5.69 Å². The lowest BCUT2D eigenvalue weighted by Crippen LogP contribution is -2.37. The number of carboxylic acid groups (broad SMARTS) is 1. The molecule has 0 radical (unpaired) electrons. The Hall–Kier alpha value is -2.90. The maximum Gasteiger partial charge on any atom is 0.306 e. The summed E-state index contributed by atoms with van der Waals surface area (Å²) in [6.07, 6.45) is 5.71. The van der Waals surface area contributed by atoms with Crippen LogP contribution in [0.25, 0.3) is 11.3 Å². The van der Waals surface area contributed by atoms with E-state index in [1.54, 1.807) is 12.3 Å². The van der Waals surface area contributed by atoms with E-state index in [-0.39, 0.29) is 18.5 Å². The first-order valence-corrected chi connectivity index (χ1v) is 10.00. The Morgan fingerprint density at radius 1 is 1.31 bits per heavy atom. The number of hydrogen-bond donors (Lipinski definition) is 1. The lowest BCUT2D eigenvalue weighted by molar-refractivity contribution is -0.142. The zero-order chi connectivity index (χ0) is 20.4. The van der Waals surface area contributed by atoms with E-state index >= 15 is 0 Å². The number of rotatable bonds is 6. The fourth-order valence-corrected chi connectivity index (χ4v) is 3.76. The molecule has 0 atom stereocenters. The molecular weight excluding hydrogens is 377 g/mol. The highest BCUT2D eigenvalue weighted by Crippen LogP contribution is 2.40. The lowest BCUT2D eigenvalue weighted by Gasteiger charge is -2.32. The molecule has 2 aliphatic heterocycles. The third kappa shape index (κ3) is 3.97. The molecule has 29 heavy (non-hydrogen) atoms. The highest BCUT2D eigenvalue weighted by molar-refractivity contribution is 5.75. The first kappa shape index (κ1) is 19.4. The summed E-state index contributed by atoms with van der Waals surface area (Å²) < 4.78 is 25.0. The predicted molar refractivity (Wildman–Crippen MR) is 105 cm³/mol. The molecule has 3 heterocycles. The normalized spacial score (nSPS) is 16.3. The largest absolute Gasteiger partial charge is 0.481 e. The average molecular weight is 401 g/mol. The van der Waals surface area contributed by atoms with Gasteiger partial charge in [0.2, 0.25) is 12.5 Å². The Labute approximate surface area is 168 Å². The Morgan fingerprint density at radius 2 is 2.10 bits per heavy atom. The highest BCUT2D eigenvalue weighted by atomic mass is 19.1. The van der Waals surface area contributed by atoms with Crippen molar-refractivity contribution in [3.63, 3.8) is 0 Å². The molecule has 1 saturated heterocycles. The monoisotopic (exact) mass is 401 g/mol. The molecule has 7 nitrogen and oxygen atoms in total. The third-order valence-corrected chi connectivity index (χ3v) is 5.43. The molecule has 0 spiro atoms. The van der Waals surface area contributed by atoms with Gasteiger partial charge in [-0.3, -0.25) is 9.78 Å². The molecule has 8 heteroatoms. The van der Waals surface area contributed by atoms with Gasteiger partial charge in [0.25, 0.3) is 0 Å². The second-order valence-corrected chi connectivity index (χ2v) is 7.43. The summed E-state index contributed by atoms with van der Waals surface area (Å²) in [5.41, 5.74) is 2.01. The number of aryl methyl sites for hydroxylation is 1. The minimum atomic E-state index is -0.759. The molecule has 1 aromatic heterocycles. The number of anilines is 1. The first-order chi connectivity index (χ1) is 14.1. The molecular formula is C21H24FN3O4. The van der Waals surface area contributed by atoms with Crippen molar-refractivity contribution in [1.29, 1.82) is 0 Å². The SMILES string of the molecule is CCCCc1cnc(-c2cc(F)c3c(c2)OCO3)c(N2CCC(C(=O)O)CC2)n1. The fourth-order valence-electron chi connectivity index (χ4n) is 3.76. The Morgan fingerprint density at radius 3 is 2.83 bits per heavy atom. The quantitative estimate of drug-likeness (QED) is 0.791. The van der Waals surface area contributed by atoms with Gasteiger partial charge in [-0.15, -0.1) is 0 Å². The summed E-state index contributed by atoms with van der Waals surface area (Å²) in [5.74, 6) is -0.458. The van der Waals surface area contributed by atoms with Crippen molar-refractivity contribution in [2.75, 3.05) is 24.8 Å². The molecule has 0 amide bonds. The van der Waals surface area contributed by atoms with Crippen LogP contribution < -0.4 is 14.4 Å². The summed E-state index contributed by atoms with van der Waals surface area (Å²) in [5, 5.41) is 9.28. The van der Waals surface area contributed by atoms with Crippen molar-refractivity contribution in [1.82, 2.24) is 9.97 Å². The van der Waals surface area contributed by atoms with Gasteiger partial charge in [0.15, 0.2) is 17.4 Å². The van der Waals surface area contributed by atoms with Crippen molar-refractivity contribution >= 4 is 11.8 Å². The number of ether oxygens (including phenoxy) is 2. The summed E-state index contributed by atoms with van der Waals surface area (Å²) in [7, 11) is 0. The number of aromatic nitrogens is 2. The molecule has 4 rings (SSSR count). The Bertz CT molecular complexity index is 913. The van der Waals surface area contributed by atoms with Crippen molar-refractivity contribution in [3.05, 3.63) is 29.8 Å². The molecule has 1 fully saturated rings. The number of fused-ring (bicyclic) bond motifs is 1. The summed E-state index contributed by atoms with van der Waals surface area (Å²) in [6, 6.07) is 3.10. The number of nitrogens with zero attached hydrogens (tertiary/aromatic N) is 3. The molecule has 2 aromatic rings. The number of benzene rings is 1. The van der Waals surface area contributed by atoms with Gasteiger partial charge in [0.05, 0.1) is 11.6 Å². The van der Waals surface area contributed by atoms with Crippen molar-refractivity contribution in [3.8, 4) is 22.8 Å². The summed E-state index contributed by atoms with van der Waals surface area (Å²) in [4.78, 5) is 22.8. The minimum absolute atomic E-state index is 0.00704. The van der Waals surface area contributed by atoms with Crippen LogP contribution in [0, 0.1) is 11.7 Å². The smallest absolute Gasteiger partial charge is 0.306 e. The van der Waals surface area contributed by atoms with Gasteiger partial charge in [-0.05, 0) is 37.8 Å². The van der Waals surface area contributed by atoms with Crippen LogP contribution in [0.3, 0.4) is 0 Å². The van der Waals surface area contributed by atoms with E-state index in [0.717, 1.165) is 25.0 Å². The number of aliphatic carboxylic acids is 1. The number of piperidine rings is 1. The van der Waals surface area contributed by atoms with Crippen LogP contribution in [0.2, 0.25) is 0 Å². The Kier molecular flexibility index (Phi) is 5.51. The van der Waals surface area contributed by atoms with Gasteiger partial charge in [-0.2, -0.15) is 0 Å². The van der Waals surface area contributed by atoms with Crippen LogP contribution in [0.5, 0.6) is 11.5 Å². The van der Waals surface area contributed by atoms with Gasteiger partial charge in [-0.25, -0.2) is 9.37 Å². The number of unbranched alkanes of at least 4 members (excludes halogenated alkanes) is 1. The van der Waals surface area contributed by atoms with E-state index in [1.807, 2.05) is 0 Å². The predicted octanol–water partition coefficient (Wildman–Crippen LogP) is 3.66. The highest BCUT2D eigenvalue weighted by Gasteiger charge is 2.28. The number of halogens is 1. The first-order valence-electron chi connectivity index (χ1n) is 10.00. The van der Waals surface area contributed by atoms with Gasteiger partial charge in [-0.1, -0.05) is 13.3 Å². The average Bonchev–Trinajstić information content (AvgIpc) is 3.21. The van der Waals surface area contributed by atoms with Crippen LogP contribution in [0.1, 0.15) is 38.3 Å². The van der Waals surface area contributed by atoms with E-state index in [0.29, 0.717) is 48.8 Å². The molecule has 0 unspecified atom stereocenters. The van der Waals surface area contributed by atoms with Crippen LogP contribution in [-0.2, 0) is 11.2 Å². The lowest BCUT2D eigenvalue weighted by atomic mass is 9.97. The molecule has 1 aromatic carbocycles. The van der Waals surface area contributed by atoms with Crippen molar-refractivity contribution in [2.45, 2.75) is 39.0 Å². The van der Waals surface area contributed by atoms with E-state index in [2.05, 4.69) is 16.8 Å². The summed E-state index contributed by atoms with van der Waals surface area (Å²) >= 11 is 0. The standard InChI is InChI=1S/C21H24FN3O4/c1-2-3-4-15-11-23-18(14-9-16(22)19-17(10-14)28-12-29-19)20(24-15)25-7-5-13(6-8-25)21(26)27/h9-11,13H,2-8,12H2,1H3,(H,26,27). The fraction of sp³-hybridized carbons (Fsp3) is 0.476. The number of hydrogen-bond acceptors (Lipinski definition) is 6. The molecule has 2 aliphatic rings. The van der Waals surface area contributed by atoms with E-state index in [4.69, 9.17) is 14.5 Å². The molecule has 0 aliphatic carbocycles. The molecule has 154 valence electrons. The van der Waals surface area contributed by atoms with E-state index < -0.39 is 11.8 Å². The van der Waals surface area contributed by atoms with Crippen LogP contribution in [0.4, 0.5) is 10.2 Å². The van der Waals surface area contributed by atoms with Gasteiger partial charge >= 0.3 is 5.97 Å². The second-order valence-electron chi connectivity index (χ2n) is 7.43. The van der Waals surface area contributed by atoms with Crippen LogP contribution in [0.15, 0.2) is 18.3 Å². The second kappa shape index (κ2) is 8.23. The van der Waals surface area contributed by atoms with E-state index in [1.165, 1.54) is 6.07 Å². The van der Waals surface area contributed by atoms with E-state index in [9.17, 15) is 14.3 Å². The van der Waals surface area contributed by atoms with Gasteiger partial charge in [0, 0.05) is 24.8 Å². The minimum Gasteiger partial charge on any atom is -0.481 e. The third-order valence-electron chi connectivity index (χ3n) is 5.43.